The van der Waals surface area contributed by atoms with Gasteiger partial charge in [0.05, 0.1) is 11.8 Å². The van der Waals surface area contributed by atoms with E-state index >= 15 is 0 Å². The van der Waals surface area contributed by atoms with E-state index in [1.165, 1.54) is 0 Å². The topological polar surface area (TPSA) is 101 Å². The van der Waals surface area contributed by atoms with Gasteiger partial charge in [-0.25, -0.2) is 13.1 Å². The molecule has 0 spiro atoms. The number of carbonyl (C=O) groups excluding carboxylic acids is 1. The molecular weight excluding hydrogens is 242 g/mol. The zero-order valence-electron chi connectivity index (χ0n) is 10.5. The van der Waals surface area contributed by atoms with Gasteiger partial charge >= 0.3 is 0 Å². The van der Waals surface area contributed by atoms with Crippen LogP contribution in [0.4, 0.5) is 0 Å². The molecule has 6 nitrogen and oxygen atoms in total. The Labute approximate surface area is 103 Å². The Morgan fingerprint density at radius 3 is 2.53 bits per heavy atom. The standard InChI is InChI=1S/C10H23N3O3S/c1-3-5-6-9(11)10(14)12-7-8-17(15,16)13-4-2/h9,13H,3-8,11H2,1-2H3,(H,12,14). The SMILES string of the molecule is CCCCC(N)C(=O)NCCS(=O)(=O)NCC. The molecule has 0 aliphatic heterocycles. The molecule has 0 aromatic rings. The van der Waals surface area contributed by atoms with Gasteiger partial charge in [0.25, 0.3) is 0 Å². The summed E-state index contributed by atoms with van der Waals surface area (Å²) in [6.07, 6.45) is 2.50. The quantitative estimate of drug-likeness (QED) is 0.526. The molecule has 0 aliphatic rings. The third-order valence-corrected chi connectivity index (χ3v) is 3.71. The maximum atomic E-state index is 11.4. The van der Waals surface area contributed by atoms with Crippen molar-refractivity contribution < 1.29 is 13.2 Å². The molecule has 1 unspecified atom stereocenters. The van der Waals surface area contributed by atoms with Crippen LogP contribution >= 0.6 is 0 Å². The lowest BCUT2D eigenvalue weighted by Gasteiger charge is -2.11. The highest BCUT2D eigenvalue weighted by molar-refractivity contribution is 7.89. The first-order chi connectivity index (χ1) is 7.93. The summed E-state index contributed by atoms with van der Waals surface area (Å²) in [6.45, 7) is 4.17. The maximum Gasteiger partial charge on any atom is 0.236 e. The molecule has 0 rings (SSSR count). The van der Waals surface area contributed by atoms with E-state index in [1.807, 2.05) is 6.92 Å². The molecule has 1 amide bonds. The van der Waals surface area contributed by atoms with Crippen molar-refractivity contribution in [2.45, 2.75) is 39.2 Å². The summed E-state index contributed by atoms with van der Waals surface area (Å²) >= 11 is 0. The van der Waals surface area contributed by atoms with Crippen molar-refractivity contribution in [1.29, 1.82) is 0 Å². The first kappa shape index (κ1) is 16.3. The first-order valence-corrected chi connectivity index (χ1v) is 7.58. The number of hydrogen-bond donors (Lipinski definition) is 3. The van der Waals surface area contributed by atoms with Gasteiger partial charge in [0.1, 0.15) is 0 Å². The summed E-state index contributed by atoms with van der Waals surface area (Å²) in [6, 6.07) is -0.545. The molecular formula is C10H23N3O3S. The van der Waals surface area contributed by atoms with Gasteiger partial charge in [-0.15, -0.1) is 0 Å². The van der Waals surface area contributed by atoms with Gasteiger partial charge in [0.2, 0.25) is 15.9 Å². The van der Waals surface area contributed by atoms with Crippen molar-refractivity contribution in [3.63, 3.8) is 0 Å². The molecule has 102 valence electrons. The third-order valence-electron chi connectivity index (χ3n) is 2.24. The largest absolute Gasteiger partial charge is 0.354 e. The molecule has 4 N–H and O–H groups in total. The number of amides is 1. The van der Waals surface area contributed by atoms with Crippen LogP contribution < -0.4 is 15.8 Å². The molecule has 0 saturated carbocycles. The summed E-state index contributed by atoms with van der Waals surface area (Å²) in [4.78, 5) is 11.4. The van der Waals surface area contributed by atoms with Gasteiger partial charge in [-0.05, 0) is 6.42 Å². The minimum atomic E-state index is -3.28. The van der Waals surface area contributed by atoms with Crippen molar-refractivity contribution in [2.24, 2.45) is 5.73 Å². The molecule has 0 fully saturated rings. The van der Waals surface area contributed by atoms with Crippen molar-refractivity contribution in [3.8, 4) is 0 Å². The number of rotatable bonds is 9. The predicted molar refractivity (Wildman–Crippen MR) is 68.0 cm³/mol. The van der Waals surface area contributed by atoms with E-state index in [4.69, 9.17) is 5.73 Å². The second kappa shape index (κ2) is 8.43. The van der Waals surface area contributed by atoms with E-state index in [1.54, 1.807) is 6.92 Å². The summed E-state index contributed by atoms with van der Waals surface area (Å²) in [7, 11) is -3.28. The highest BCUT2D eigenvalue weighted by Crippen LogP contribution is 1.97. The molecule has 17 heavy (non-hydrogen) atoms. The second-order valence-corrected chi connectivity index (χ2v) is 5.78. The molecule has 1 atom stereocenters. The number of sulfonamides is 1. The van der Waals surface area contributed by atoms with Crippen LogP contribution in [0.2, 0.25) is 0 Å². The molecule has 7 heteroatoms. The van der Waals surface area contributed by atoms with E-state index < -0.39 is 16.1 Å². The summed E-state index contributed by atoms with van der Waals surface area (Å²) < 4.78 is 24.9. The zero-order chi connectivity index (χ0) is 13.3. The van der Waals surface area contributed by atoms with Gasteiger partial charge in [-0.3, -0.25) is 4.79 Å². The number of carbonyl (C=O) groups is 1. The average molecular weight is 265 g/mol. The maximum absolute atomic E-state index is 11.4. The van der Waals surface area contributed by atoms with E-state index in [2.05, 4.69) is 10.0 Å². The minimum absolute atomic E-state index is 0.0913. The Kier molecular flexibility index (Phi) is 8.11. The lowest BCUT2D eigenvalue weighted by molar-refractivity contribution is -0.122. The van der Waals surface area contributed by atoms with Crippen LogP contribution in [0.5, 0.6) is 0 Å². The van der Waals surface area contributed by atoms with Crippen LogP contribution in [0.1, 0.15) is 33.1 Å². The number of unbranched alkanes of at least 4 members (excludes halogenated alkanes) is 1. The van der Waals surface area contributed by atoms with Crippen LogP contribution in [0.3, 0.4) is 0 Å². The Hall–Kier alpha value is -0.660. The van der Waals surface area contributed by atoms with Crippen LogP contribution in [0.15, 0.2) is 0 Å². The van der Waals surface area contributed by atoms with Gasteiger partial charge in [-0.1, -0.05) is 26.7 Å². The van der Waals surface area contributed by atoms with E-state index in [0.717, 1.165) is 12.8 Å². The zero-order valence-corrected chi connectivity index (χ0v) is 11.3. The minimum Gasteiger partial charge on any atom is -0.354 e. The fraction of sp³-hybridized carbons (Fsp3) is 0.900. The number of hydrogen-bond acceptors (Lipinski definition) is 4. The number of nitrogens with one attached hydrogen (secondary N) is 2. The van der Waals surface area contributed by atoms with E-state index in [-0.39, 0.29) is 18.2 Å². The molecule has 0 heterocycles. The summed E-state index contributed by atoms with van der Waals surface area (Å²) in [5.41, 5.74) is 5.63. The van der Waals surface area contributed by atoms with E-state index in [0.29, 0.717) is 13.0 Å². The van der Waals surface area contributed by atoms with Gasteiger partial charge in [0.15, 0.2) is 0 Å². The van der Waals surface area contributed by atoms with Crippen molar-refractivity contribution in [1.82, 2.24) is 10.0 Å². The Balaban J connectivity index is 3.85. The fourth-order valence-electron chi connectivity index (χ4n) is 1.29. The Morgan fingerprint density at radius 1 is 1.35 bits per heavy atom. The molecule has 0 bridgehead atoms. The summed E-state index contributed by atoms with van der Waals surface area (Å²) in [5.74, 6) is -0.405. The fourth-order valence-corrected chi connectivity index (χ4v) is 2.24. The number of nitrogens with two attached hydrogens (primary N) is 1. The van der Waals surface area contributed by atoms with Crippen LogP contribution in [0, 0.1) is 0 Å². The van der Waals surface area contributed by atoms with Gasteiger partial charge in [-0.2, -0.15) is 0 Å². The molecule has 0 saturated heterocycles. The second-order valence-electron chi connectivity index (χ2n) is 3.86. The molecule has 0 aliphatic carbocycles. The molecule has 0 radical (unpaired) electrons. The lowest BCUT2D eigenvalue weighted by atomic mass is 10.1. The monoisotopic (exact) mass is 265 g/mol. The molecule has 0 aromatic heterocycles. The highest BCUT2D eigenvalue weighted by Gasteiger charge is 2.14. The summed E-state index contributed by atoms with van der Waals surface area (Å²) in [5, 5.41) is 2.52. The highest BCUT2D eigenvalue weighted by atomic mass is 32.2. The van der Waals surface area contributed by atoms with Gasteiger partial charge in [0, 0.05) is 13.1 Å². The van der Waals surface area contributed by atoms with E-state index in [9.17, 15) is 13.2 Å². The van der Waals surface area contributed by atoms with Crippen molar-refractivity contribution in [2.75, 3.05) is 18.8 Å². The Morgan fingerprint density at radius 2 is 2.00 bits per heavy atom. The third kappa shape index (κ3) is 8.12. The van der Waals surface area contributed by atoms with Crippen LogP contribution in [-0.4, -0.2) is 39.2 Å². The van der Waals surface area contributed by atoms with Crippen LogP contribution in [-0.2, 0) is 14.8 Å². The van der Waals surface area contributed by atoms with Crippen molar-refractivity contribution >= 4 is 15.9 Å². The smallest absolute Gasteiger partial charge is 0.236 e. The average Bonchev–Trinajstić information content (AvgIpc) is 2.25. The first-order valence-electron chi connectivity index (χ1n) is 5.93. The normalized spacial score (nSPS) is 13.4. The Bertz CT molecular complexity index is 317. The van der Waals surface area contributed by atoms with Crippen molar-refractivity contribution in [3.05, 3.63) is 0 Å². The predicted octanol–water partition coefficient (Wildman–Crippen LogP) is -0.441. The van der Waals surface area contributed by atoms with Gasteiger partial charge < -0.3 is 11.1 Å². The van der Waals surface area contributed by atoms with Crippen LogP contribution in [0.25, 0.3) is 0 Å². The lowest BCUT2D eigenvalue weighted by Crippen LogP contribution is -2.43. The molecule has 0 aromatic carbocycles.